The molecule has 1 aromatic carbocycles. The van der Waals surface area contributed by atoms with Crippen molar-refractivity contribution < 1.29 is 9.50 Å². The van der Waals surface area contributed by atoms with Crippen molar-refractivity contribution in [2.24, 2.45) is 0 Å². The second-order valence-corrected chi connectivity index (χ2v) is 7.52. The summed E-state index contributed by atoms with van der Waals surface area (Å²) in [6, 6.07) is 3.93. The van der Waals surface area contributed by atoms with Gasteiger partial charge in [-0.1, -0.05) is 11.6 Å². The van der Waals surface area contributed by atoms with Gasteiger partial charge in [-0.2, -0.15) is 0 Å². The first-order chi connectivity index (χ1) is 13.4. The second-order valence-electron chi connectivity index (χ2n) is 7.11. The molecule has 150 valence electrons. The summed E-state index contributed by atoms with van der Waals surface area (Å²) < 4.78 is 16.7. The maximum absolute atomic E-state index is 14.7. The quantitative estimate of drug-likeness (QED) is 0.655. The van der Waals surface area contributed by atoms with Crippen LogP contribution < -0.4 is 5.32 Å². The fraction of sp³-hybridized carbons (Fsp3) is 0.450. The molecule has 0 atom stereocenters. The zero-order valence-corrected chi connectivity index (χ0v) is 17.3. The van der Waals surface area contributed by atoms with Gasteiger partial charge in [0.2, 0.25) is 5.95 Å². The summed E-state index contributed by atoms with van der Waals surface area (Å²) in [5, 5.41) is 10.7. The lowest BCUT2D eigenvalue weighted by molar-refractivity contribution is 0.399. The molecule has 2 heterocycles. The van der Waals surface area contributed by atoms with Crippen molar-refractivity contribution in [1.29, 1.82) is 0 Å². The molecule has 0 spiro atoms. The lowest BCUT2D eigenvalue weighted by atomic mass is 9.93. The summed E-state index contributed by atoms with van der Waals surface area (Å²) in [5.74, 6) is 0.943. The number of fused-ring (bicyclic) bond motifs is 1. The highest BCUT2D eigenvalue weighted by Gasteiger charge is 2.20. The Morgan fingerprint density at radius 3 is 2.57 bits per heavy atom. The maximum Gasteiger partial charge on any atom is 0.223 e. The van der Waals surface area contributed by atoms with Gasteiger partial charge in [-0.05, 0) is 52.2 Å². The highest BCUT2D eigenvalue weighted by Crippen LogP contribution is 2.32. The van der Waals surface area contributed by atoms with Crippen molar-refractivity contribution in [2.45, 2.75) is 52.1 Å². The zero-order valence-electron chi connectivity index (χ0n) is 16.5. The van der Waals surface area contributed by atoms with E-state index in [9.17, 15) is 4.39 Å². The van der Waals surface area contributed by atoms with E-state index in [1.165, 1.54) is 12.5 Å². The number of benzene rings is 1. The van der Waals surface area contributed by atoms with Crippen molar-refractivity contribution in [2.75, 3.05) is 12.4 Å². The first-order valence-electron chi connectivity index (χ1n) is 9.36. The van der Waals surface area contributed by atoms with E-state index in [1.807, 2.05) is 17.6 Å². The zero-order chi connectivity index (χ0) is 20.4. The van der Waals surface area contributed by atoms with Gasteiger partial charge in [-0.3, -0.25) is 0 Å². The Labute approximate surface area is 168 Å². The summed E-state index contributed by atoms with van der Waals surface area (Å²) in [4.78, 5) is 13.2. The first kappa shape index (κ1) is 20.5. The molecule has 0 radical (unpaired) electrons. The standard InChI is InChI=1S/C19H21ClFN5.CH4O/c1-10(2)26-11(3)23-18-15(21)7-12(8-16(18)26)17-14(20)9-22-19(25-17)24-13-5-4-6-13;1-2/h7-10,13H,4-6H2,1-3H3,(H,22,24,25);2H,1H3. The third-order valence-corrected chi connectivity index (χ3v) is 5.17. The third-order valence-electron chi connectivity index (χ3n) is 4.90. The number of rotatable bonds is 4. The minimum atomic E-state index is -0.372. The Hall–Kier alpha value is -2.25. The SMILES string of the molecule is CO.Cc1nc2c(F)cc(-c3nc(NC4CCC4)ncc3Cl)cc2n1C(C)C. The molecular weight excluding hydrogens is 381 g/mol. The van der Waals surface area contributed by atoms with Crippen molar-refractivity contribution in [3.05, 3.63) is 35.0 Å². The van der Waals surface area contributed by atoms with Gasteiger partial charge in [-0.15, -0.1) is 0 Å². The van der Waals surface area contributed by atoms with Crippen LogP contribution in [0.4, 0.5) is 10.3 Å². The molecule has 2 aromatic heterocycles. The third kappa shape index (κ3) is 3.82. The summed E-state index contributed by atoms with van der Waals surface area (Å²) in [7, 11) is 1.00. The van der Waals surface area contributed by atoms with Gasteiger partial charge in [0.1, 0.15) is 11.3 Å². The lowest BCUT2D eigenvalue weighted by Gasteiger charge is -2.26. The fourth-order valence-electron chi connectivity index (χ4n) is 3.43. The molecule has 8 heteroatoms. The molecule has 0 saturated heterocycles. The highest BCUT2D eigenvalue weighted by atomic mass is 35.5. The number of nitrogens with one attached hydrogen (secondary N) is 1. The van der Waals surface area contributed by atoms with Gasteiger partial charge in [0.25, 0.3) is 0 Å². The van der Waals surface area contributed by atoms with E-state index in [0.717, 1.165) is 31.3 Å². The van der Waals surface area contributed by atoms with Crippen molar-refractivity contribution in [1.82, 2.24) is 19.5 Å². The summed E-state index contributed by atoms with van der Waals surface area (Å²) in [6.07, 6.45) is 5.03. The van der Waals surface area contributed by atoms with Crippen LogP contribution >= 0.6 is 11.6 Å². The molecule has 1 fully saturated rings. The van der Waals surface area contributed by atoms with Crippen LogP contribution in [0.3, 0.4) is 0 Å². The van der Waals surface area contributed by atoms with E-state index in [1.54, 1.807) is 6.20 Å². The Morgan fingerprint density at radius 1 is 1.25 bits per heavy atom. The van der Waals surface area contributed by atoms with Gasteiger partial charge in [-0.25, -0.2) is 19.3 Å². The molecule has 3 aromatic rings. The fourth-order valence-corrected chi connectivity index (χ4v) is 3.63. The number of anilines is 1. The van der Waals surface area contributed by atoms with Crippen LogP contribution in [0.1, 0.15) is 45.0 Å². The molecule has 0 aliphatic heterocycles. The smallest absolute Gasteiger partial charge is 0.223 e. The van der Waals surface area contributed by atoms with Crippen LogP contribution in [0.15, 0.2) is 18.3 Å². The second kappa shape index (κ2) is 8.41. The Bertz CT molecular complexity index is 984. The van der Waals surface area contributed by atoms with Gasteiger partial charge in [0.05, 0.1) is 22.4 Å². The molecule has 2 N–H and O–H groups in total. The predicted molar refractivity (Wildman–Crippen MR) is 110 cm³/mol. The van der Waals surface area contributed by atoms with E-state index in [-0.39, 0.29) is 11.9 Å². The molecule has 1 saturated carbocycles. The Morgan fingerprint density at radius 2 is 1.96 bits per heavy atom. The first-order valence-corrected chi connectivity index (χ1v) is 9.74. The molecule has 1 aliphatic carbocycles. The topological polar surface area (TPSA) is 75.9 Å². The van der Waals surface area contributed by atoms with Gasteiger partial charge < -0.3 is 15.0 Å². The molecule has 0 unspecified atom stereocenters. The predicted octanol–water partition coefficient (Wildman–Crippen LogP) is 4.75. The number of nitrogens with zero attached hydrogens (tertiary/aromatic N) is 4. The number of aliphatic hydroxyl groups excluding tert-OH is 1. The van der Waals surface area contributed by atoms with Crippen molar-refractivity contribution in [3.63, 3.8) is 0 Å². The maximum atomic E-state index is 14.7. The largest absolute Gasteiger partial charge is 0.400 e. The number of halogens is 2. The van der Waals surface area contributed by atoms with E-state index < -0.39 is 0 Å². The van der Waals surface area contributed by atoms with Gasteiger partial charge >= 0.3 is 0 Å². The number of aromatic nitrogens is 4. The number of aryl methyl sites for hydroxylation is 1. The Kier molecular flexibility index (Phi) is 6.15. The minimum Gasteiger partial charge on any atom is -0.400 e. The number of hydrogen-bond donors (Lipinski definition) is 2. The molecule has 0 amide bonds. The van der Waals surface area contributed by atoms with Crippen LogP contribution in [-0.2, 0) is 0 Å². The average molecular weight is 406 g/mol. The molecule has 28 heavy (non-hydrogen) atoms. The molecule has 1 aliphatic rings. The minimum absolute atomic E-state index is 0.173. The summed E-state index contributed by atoms with van der Waals surface area (Å²) >= 11 is 6.33. The van der Waals surface area contributed by atoms with Crippen LogP contribution in [0.5, 0.6) is 0 Å². The number of hydrogen-bond acceptors (Lipinski definition) is 5. The van der Waals surface area contributed by atoms with Crippen LogP contribution in [-0.4, -0.2) is 37.8 Å². The van der Waals surface area contributed by atoms with Crippen LogP contribution in [0, 0.1) is 12.7 Å². The van der Waals surface area contributed by atoms with E-state index in [0.29, 0.717) is 33.8 Å². The lowest BCUT2D eigenvalue weighted by Crippen LogP contribution is -2.28. The Balaban J connectivity index is 0.00000109. The monoisotopic (exact) mass is 405 g/mol. The van der Waals surface area contributed by atoms with E-state index in [2.05, 4.69) is 34.1 Å². The van der Waals surface area contributed by atoms with Gasteiger partial charge in [0.15, 0.2) is 5.82 Å². The van der Waals surface area contributed by atoms with E-state index >= 15 is 0 Å². The number of aliphatic hydroxyl groups is 1. The number of imidazole rings is 1. The van der Waals surface area contributed by atoms with Crippen LogP contribution in [0.25, 0.3) is 22.3 Å². The summed E-state index contributed by atoms with van der Waals surface area (Å²) in [6.45, 7) is 5.99. The average Bonchev–Trinajstić information content (AvgIpc) is 2.98. The van der Waals surface area contributed by atoms with Gasteiger partial charge in [0, 0.05) is 24.8 Å². The van der Waals surface area contributed by atoms with Crippen molar-refractivity contribution >= 4 is 28.6 Å². The molecular formula is C20H25ClFN5O. The van der Waals surface area contributed by atoms with Crippen LogP contribution in [0.2, 0.25) is 5.02 Å². The summed E-state index contributed by atoms with van der Waals surface area (Å²) in [5.41, 5.74) is 2.27. The normalized spacial score (nSPS) is 14.0. The highest BCUT2D eigenvalue weighted by molar-refractivity contribution is 6.33. The van der Waals surface area contributed by atoms with E-state index in [4.69, 9.17) is 16.7 Å². The molecule has 4 rings (SSSR count). The molecule has 0 bridgehead atoms. The molecule has 6 nitrogen and oxygen atoms in total. The van der Waals surface area contributed by atoms with Crippen molar-refractivity contribution in [3.8, 4) is 11.3 Å².